The van der Waals surface area contributed by atoms with Gasteiger partial charge in [-0.1, -0.05) is 171 Å². The highest BCUT2D eigenvalue weighted by molar-refractivity contribution is 5.27. The van der Waals surface area contributed by atoms with E-state index in [0.717, 1.165) is 98.1 Å². The minimum atomic E-state index is 0.185. The molecule has 6 heteroatoms. The van der Waals surface area contributed by atoms with Gasteiger partial charge in [-0.2, -0.15) is 0 Å². The average Bonchev–Trinajstić information content (AvgIpc) is 3.23. The van der Waals surface area contributed by atoms with E-state index in [1.807, 2.05) is 32.3 Å². The molecule has 0 saturated carbocycles. The lowest BCUT2D eigenvalue weighted by Gasteiger charge is -2.32. The van der Waals surface area contributed by atoms with Crippen LogP contribution in [0.2, 0.25) is 0 Å². The minimum absolute atomic E-state index is 0.185. The first-order chi connectivity index (χ1) is 29.1. The van der Waals surface area contributed by atoms with E-state index in [4.69, 9.17) is 5.73 Å². The Labute approximate surface area is 387 Å². The van der Waals surface area contributed by atoms with Crippen LogP contribution < -0.4 is 32.3 Å². The highest BCUT2D eigenvalue weighted by atomic mass is 15.0. The molecule has 0 fully saturated rings. The van der Waals surface area contributed by atoms with Crippen molar-refractivity contribution in [3.63, 3.8) is 0 Å². The van der Waals surface area contributed by atoms with E-state index in [1.54, 1.807) is 6.20 Å². The molecule has 0 aromatic heterocycles. The Morgan fingerprint density at radius 3 is 1.76 bits per heavy atom. The molecule has 0 amide bonds. The summed E-state index contributed by atoms with van der Waals surface area (Å²) in [4.78, 5) is 0. The topological polar surface area (TPSA) is 86.2 Å². The summed E-state index contributed by atoms with van der Waals surface area (Å²) in [7, 11) is 3.70. The zero-order valence-electron chi connectivity index (χ0n) is 43.4. The molecule has 1 aromatic rings. The monoisotopic (exact) mass is 859 g/mol. The van der Waals surface area contributed by atoms with E-state index in [0.29, 0.717) is 5.92 Å². The number of allylic oxidation sites excluding steroid dienone is 7. The molecule has 0 spiro atoms. The first-order valence-electron chi connectivity index (χ1n) is 23.4. The van der Waals surface area contributed by atoms with Crippen LogP contribution in [-0.2, 0) is 0 Å². The maximum atomic E-state index is 5.59. The number of nitrogens with one attached hydrogen (secondary N) is 5. The van der Waals surface area contributed by atoms with Gasteiger partial charge in [-0.15, -0.1) is 0 Å². The van der Waals surface area contributed by atoms with Crippen LogP contribution in [0.25, 0.3) is 0 Å². The van der Waals surface area contributed by atoms with Gasteiger partial charge in [0, 0.05) is 42.9 Å². The summed E-state index contributed by atoms with van der Waals surface area (Å²) in [5.74, 6) is 2.07. The van der Waals surface area contributed by atoms with Gasteiger partial charge >= 0.3 is 0 Å². The predicted molar refractivity (Wildman–Crippen MR) is 285 cm³/mol. The summed E-state index contributed by atoms with van der Waals surface area (Å²) < 4.78 is 0. The van der Waals surface area contributed by atoms with Gasteiger partial charge in [-0.3, -0.25) is 0 Å². The predicted octanol–water partition coefficient (Wildman–Crippen LogP) is 14.4. The van der Waals surface area contributed by atoms with Gasteiger partial charge in [0.25, 0.3) is 0 Å². The zero-order chi connectivity index (χ0) is 48.6. The van der Waals surface area contributed by atoms with Crippen molar-refractivity contribution in [2.45, 2.75) is 172 Å². The van der Waals surface area contributed by atoms with Crippen LogP contribution in [0.5, 0.6) is 0 Å². The van der Waals surface area contributed by atoms with Gasteiger partial charge in [0.05, 0.1) is 12.1 Å². The molecule has 356 valence electrons. The van der Waals surface area contributed by atoms with Gasteiger partial charge in [0.2, 0.25) is 0 Å². The summed E-state index contributed by atoms with van der Waals surface area (Å²) in [6.07, 6.45) is 16.8. The SMILES string of the molecule is C=C(CC)NC(C(=C)N[C@H](CCCCN)C(=C)C)C(C)CC.C=C(CCC(=C)/C(C)=C/CCC(C)C/C(C)=C/C)NC(C)C(=C)NC.C=CNC.CC(C)C.Cc1ccccc1. The van der Waals surface area contributed by atoms with Crippen molar-refractivity contribution in [2.24, 2.45) is 23.5 Å². The van der Waals surface area contributed by atoms with E-state index in [9.17, 15) is 0 Å². The van der Waals surface area contributed by atoms with Crippen LogP contribution in [0.15, 0.2) is 140 Å². The van der Waals surface area contributed by atoms with Crippen LogP contribution in [0.4, 0.5) is 0 Å². The normalized spacial score (nSPS) is 13.0. The van der Waals surface area contributed by atoms with Crippen molar-refractivity contribution < 1.29 is 0 Å². The molecule has 7 N–H and O–H groups in total. The number of benzene rings is 1. The Balaban J connectivity index is -0.000000407. The second-order valence-electron chi connectivity index (χ2n) is 17.5. The number of rotatable bonds is 27. The molecule has 1 rings (SSSR count). The molecule has 5 atom stereocenters. The molecule has 0 aliphatic heterocycles. The lowest BCUT2D eigenvalue weighted by molar-refractivity contribution is 0.402. The van der Waals surface area contributed by atoms with E-state index in [-0.39, 0.29) is 18.1 Å². The largest absolute Gasteiger partial charge is 0.394 e. The van der Waals surface area contributed by atoms with Crippen LogP contribution in [0.1, 0.15) is 153 Å². The molecule has 0 bridgehead atoms. The molecule has 0 aliphatic carbocycles. The molecule has 0 radical (unpaired) electrons. The summed E-state index contributed by atoms with van der Waals surface area (Å²) >= 11 is 0. The molecule has 0 saturated heterocycles. The summed E-state index contributed by atoms with van der Waals surface area (Å²) in [6, 6.07) is 10.9. The smallest absolute Gasteiger partial charge is 0.0676 e. The summed E-state index contributed by atoms with van der Waals surface area (Å²) in [6.45, 7) is 57.1. The molecule has 6 nitrogen and oxygen atoms in total. The Bertz CT molecular complexity index is 1410. The van der Waals surface area contributed by atoms with Gasteiger partial charge in [0.1, 0.15) is 0 Å². The third-order valence-electron chi connectivity index (χ3n) is 10.2. The van der Waals surface area contributed by atoms with Gasteiger partial charge in [-0.05, 0) is 130 Å². The number of hydrogen-bond donors (Lipinski definition) is 6. The van der Waals surface area contributed by atoms with E-state index in [1.165, 1.54) is 35.1 Å². The van der Waals surface area contributed by atoms with Crippen molar-refractivity contribution in [3.05, 3.63) is 145 Å². The Hall–Kier alpha value is -4.16. The number of nitrogens with two attached hydrogens (primary N) is 1. The van der Waals surface area contributed by atoms with E-state index < -0.39 is 0 Å². The first kappa shape index (κ1) is 64.5. The highest BCUT2D eigenvalue weighted by Gasteiger charge is 2.21. The summed E-state index contributed by atoms with van der Waals surface area (Å²) in [5.41, 5.74) is 16.2. The fourth-order valence-electron chi connectivity index (χ4n) is 5.59. The molecular weight excluding hydrogens is 757 g/mol. The van der Waals surface area contributed by atoms with Gasteiger partial charge in [-0.25, -0.2) is 0 Å². The number of unbranched alkanes of at least 4 members (excludes halogenated alkanes) is 1. The quantitative estimate of drug-likeness (QED) is 0.0300. The lowest BCUT2D eigenvalue weighted by atomic mass is 9.94. The molecule has 1 aromatic carbocycles. The average molecular weight is 859 g/mol. The molecule has 0 aliphatic rings. The Morgan fingerprint density at radius 2 is 1.34 bits per heavy atom. The van der Waals surface area contributed by atoms with Crippen molar-refractivity contribution in [1.82, 2.24) is 26.6 Å². The molecule has 0 heterocycles. The van der Waals surface area contributed by atoms with Crippen LogP contribution in [-0.4, -0.2) is 38.8 Å². The number of likely N-dealkylation sites (N-methyl/N-ethyl adjacent to an activating group) is 1. The number of hydrogen-bond acceptors (Lipinski definition) is 6. The molecular formula is C56H102N6. The standard InChI is InChI=1S/C23H40N2.C19H37N3.C7H8.C4H10.C3H7N/c1-10-17(2)16-18(3)12-11-13-19(4)20(5)14-15-21(6)25-23(8)22(7)24-9;1-8-15(5)19(21-16(6)9-2)17(7)22-18(14(3)4)12-10-11-13-20;1-7-5-3-2-4-6-7;1-4(2)3;1-3-4-2/h10,13,18,23-25H,5-7,11-12,14-16H2,1-4,8-9H3;15,18-19,21-22H,3,6-13,20H2,1-2,4-5H3;2-6H,1H3;4H,1-3H3;3-4H,1H2,2H3/b17-10+,19-13+;;;;/t;15?,18-,19?;;;/m.1.../s1. The lowest BCUT2D eigenvalue weighted by Crippen LogP contribution is -2.43. The van der Waals surface area contributed by atoms with Crippen LogP contribution in [0.3, 0.4) is 0 Å². The fraction of sp³-hybridized carbons (Fsp3) is 0.571. The van der Waals surface area contributed by atoms with Crippen molar-refractivity contribution in [1.29, 1.82) is 0 Å². The fourth-order valence-corrected chi connectivity index (χ4v) is 5.59. The van der Waals surface area contributed by atoms with Crippen molar-refractivity contribution >= 4 is 0 Å². The van der Waals surface area contributed by atoms with Crippen LogP contribution in [0, 0.1) is 24.7 Å². The second-order valence-corrected chi connectivity index (χ2v) is 17.5. The minimum Gasteiger partial charge on any atom is -0.394 e. The van der Waals surface area contributed by atoms with E-state index in [2.05, 4.69) is 187 Å². The second kappa shape index (κ2) is 42.2. The maximum Gasteiger partial charge on any atom is 0.0676 e. The zero-order valence-corrected chi connectivity index (χ0v) is 43.4. The van der Waals surface area contributed by atoms with Gasteiger partial charge in [0.15, 0.2) is 0 Å². The summed E-state index contributed by atoms with van der Waals surface area (Å²) in [5, 5.41) is 16.3. The highest BCUT2D eigenvalue weighted by Crippen LogP contribution is 2.21. The van der Waals surface area contributed by atoms with Crippen LogP contribution >= 0.6 is 0 Å². The van der Waals surface area contributed by atoms with E-state index >= 15 is 0 Å². The number of aryl methyl sites for hydroxylation is 1. The van der Waals surface area contributed by atoms with Crippen molar-refractivity contribution in [2.75, 3.05) is 20.6 Å². The molecule has 4 unspecified atom stereocenters. The first-order valence-corrected chi connectivity index (χ1v) is 23.4. The Morgan fingerprint density at radius 1 is 0.774 bits per heavy atom. The van der Waals surface area contributed by atoms with Gasteiger partial charge < -0.3 is 32.3 Å². The maximum absolute atomic E-state index is 5.59. The van der Waals surface area contributed by atoms with Crippen molar-refractivity contribution in [3.8, 4) is 0 Å². The molecule has 62 heavy (non-hydrogen) atoms. The third-order valence-corrected chi connectivity index (χ3v) is 10.2. The third kappa shape index (κ3) is 39.9. The Kier molecular flexibility index (Phi) is 43.8.